The molecule has 0 saturated carbocycles. The van der Waals surface area contributed by atoms with E-state index in [0.29, 0.717) is 12.4 Å². The van der Waals surface area contributed by atoms with Gasteiger partial charge in [0.15, 0.2) is 11.6 Å². The highest BCUT2D eigenvalue weighted by Gasteiger charge is 2.16. The molecular formula is C17H16F2N4O2S2. The van der Waals surface area contributed by atoms with E-state index < -0.39 is 21.7 Å². The highest BCUT2D eigenvalue weighted by molar-refractivity contribution is 7.92. The summed E-state index contributed by atoms with van der Waals surface area (Å²) in [5, 5.41) is 4.10. The van der Waals surface area contributed by atoms with Crippen molar-refractivity contribution in [1.29, 1.82) is 0 Å². The lowest BCUT2D eigenvalue weighted by Crippen LogP contribution is -2.14. The fourth-order valence-corrected chi connectivity index (χ4v) is 4.01. The van der Waals surface area contributed by atoms with Crippen molar-refractivity contribution in [2.75, 3.05) is 16.6 Å². The van der Waals surface area contributed by atoms with Crippen molar-refractivity contribution in [3.8, 4) is 0 Å². The lowest BCUT2D eigenvalue weighted by molar-refractivity contribution is 0.509. The van der Waals surface area contributed by atoms with Crippen molar-refractivity contribution in [2.45, 2.75) is 18.2 Å². The van der Waals surface area contributed by atoms with Gasteiger partial charge in [-0.1, -0.05) is 0 Å². The third-order valence-corrected chi connectivity index (χ3v) is 5.87. The average Bonchev–Trinajstić information content (AvgIpc) is 3.04. The van der Waals surface area contributed by atoms with Crippen LogP contribution in [0.1, 0.15) is 9.88 Å². The molecule has 3 rings (SSSR count). The Morgan fingerprint density at radius 2 is 1.89 bits per heavy atom. The van der Waals surface area contributed by atoms with Crippen LogP contribution in [0, 0.1) is 18.6 Å². The molecule has 0 spiro atoms. The number of halogens is 2. The molecule has 6 nitrogen and oxygen atoms in total. The number of benzene rings is 1. The van der Waals surface area contributed by atoms with Crippen molar-refractivity contribution in [2.24, 2.45) is 0 Å². The van der Waals surface area contributed by atoms with Crippen molar-refractivity contribution in [3.05, 3.63) is 64.2 Å². The minimum Gasteiger partial charge on any atom is -0.370 e. The summed E-state index contributed by atoms with van der Waals surface area (Å²) in [5.41, 5.74) is -0.0742. The molecule has 0 aliphatic carbocycles. The maximum atomic E-state index is 13.2. The maximum Gasteiger partial charge on any atom is 0.263 e. The summed E-state index contributed by atoms with van der Waals surface area (Å²) >= 11 is 1.62. The van der Waals surface area contributed by atoms with Crippen LogP contribution in [0.2, 0.25) is 0 Å². The predicted octanol–water partition coefficient (Wildman–Crippen LogP) is 3.58. The van der Waals surface area contributed by atoms with Gasteiger partial charge in [0.05, 0.1) is 10.7 Å². The normalized spacial score (nSPS) is 11.4. The highest BCUT2D eigenvalue weighted by atomic mass is 32.2. The average molecular weight is 410 g/mol. The Bertz CT molecular complexity index is 1040. The first kappa shape index (κ1) is 19.2. The van der Waals surface area contributed by atoms with Gasteiger partial charge in [-0.3, -0.25) is 4.72 Å². The number of aryl methyl sites for hydroxylation is 1. The Hall–Kier alpha value is -2.59. The summed E-state index contributed by atoms with van der Waals surface area (Å²) in [7, 11) is -3.96. The zero-order chi connectivity index (χ0) is 19.4. The molecule has 0 radical (unpaired) electrons. The first-order valence-electron chi connectivity index (χ1n) is 7.92. The molecule has 27 heavy (non-hydrogen) atoms. The summed E-state index contributed by atoms with van der Waals surface area (Å²) in [4.78, 5) is 9.39. The van der Waals surface area contributed by atoms with Gasteiger partial charge in [-0.15, -0.1) is 11.3 Å². The molecule has 2 aromatic heterocycles. The van der Waals surface area contributed by atoms with E-state index in [4.69, 9.17) is 0 Å². The van der Waals surface area contributed by atoms with Crippen LogP contribution in [-0.4, -0.2) is 24.9 Å². The topological polar surface area (TPSA) is 84.0 Å². The van der Waals surface area contributed by atoms with Crippen molar-refractivity contribution in [3.63, 3.8) is 0 Å². The fourth-order valence-electron chi connectivity index (χ4n) is 2.23. The second-order valence-corrected chi connectivity index (χ2v) is 8.66. The van der Waals surface area contributed by atoms with Crippen LogP contribution in [0.25, 0.3) is 0 Å². The summed E-state index contributed by atoms with van der Waals surface area (Å²) in [6.45, 7) is 2.60. The zero-order valence-electron chi connectivity index (χ0n) is 14.2. The molecule has 2 N–H and O–H groups in total. The maximum absolute atomic E-state index is 13.2. The summed E-state index contributed by atoms with van der Waals surface area (Å²) in [6.07, 6.45) is 3.74. The second-order valence-electron chi connectivity index (χ2n) is 5.65. The van der Waals surface area contributed by atoms with Crippen molar-refractivity contribution in [1.82, 2.24) is 9.97 Å². The number of anilines is 2. The van der Waals surface area contributed by atoms with Crippen molar-refractivity contribution >= 4 is 32.9 Å². The minimum absolute atomic E-state index is 0.0742. The first-order chi connectivity index (χ1) is 12.8. The Labute approximate surface area is 159 Å². The molecule has 0 fully saturated rings. The molecule has 142 valence electrons. The molecule has 0 unspecified atom stereocenters. The minimum atomic E-state index is -3.96. The van der Waals surface area contributed by atoms with Gasteiger partial charge in [0.2, 0.25) is 0 Å². The molecule has 0 bridgehead atoms. The quantitative estimate of drug-likeness (QED) is 0.622. The monoisotopic (exact) mass is 410 g/mol. The van der Waals surface area contributed by atoms with Crippen LogP contribution in [-0.2, 0) is 16.4 Å². The van der Waals surface area contributed by atoms with E-state index in [0.717, 1.165) is 34.5 Å². The number of aromatic nitrogens is 2. The zero-order valence-corrected chi connectivity index (χ0v) is 15.9. The van der Waals surface area contributed by atoms with Crippen LogP contribution in [0.5, 0.6) is 0 Å². The lowest BCUT2D eigenvalue weighted by atomic mass is 10.3. The predicted molar refractivity (Wildman–Crippen MR) is 100 cm³/mol. The van der Waals surface area contributed by atoms with Gasteiger partial charge in [0.1, 0.15) is 10.7 Å². The van der Waals surface area contributed by atoms with E-state index in [-0.39, 0.29) is 10.6 Å². The van der Waals surface area contributed by atoms with Gasteiger partial charge >= 0.3 is 0 Å². The molecule has 0 aliphatic rings. The second kappa shape index (κ2) is 7.97. The van der Waals surface area contributed by atoms with Crippen LogP contribution >= 0.6 is 11.3 Å². The Morgan fingerprint density at radius 1 is 1.07 bits per heavy atom. The van der Waals surface area contributed by atoms with E-state index in [9.17, 15) is 17.2 Å². The van der Waals surface area contributed by atoms with Crippen molar-refractivity contribution < 1.29 is 17.2 Å². The SMILES string of the molecule is Cc1cnc(CCNc2ccc(S(=O)(=O)Nc3ccc(F)c(F)c3)cn2)s1. The molecule has 1 aromatic carbocycles. The van der Waals surface area contributed by atoms with E-state index >= 15 is 0 Å². The van der Waals surface area contributed by atoms with Crippen LogP contribution in [0.4, 0.5) is 20.3 Å². The van der Waals surface area contributed by atoms with Gasteiger partial charge in [0, 0.05) is 36.3 Å². The standard InChI is InChI=1S/C17H16F2N4O2S2/c1-11-9-22-17(26-11)6-7-20-16-5-3-13(10-21-16)27(24,25)23-12-2-4-14(18)15(19)8-12/h2-5,8-10,23H,6-7H2,1H3,(H,20,21). The summed E-state index contributed by atoms with van der Waals surface area (Å²) < 4.78 is 53.0. The lowest BCUT2D eigenvalue weighted by Gasteiger charge is -2.09. The number of sulfonamides is 1. The van der Waals surface area contributed by atoms with Crippen LogP contribution < -0.4 is 10.0 Å². The van der Waals surface area contributed by atoms with E-state index in [1.165, 1.54) is 18.3 Å². The first-order valence-corrected chi connectivity index (χ1v) is 10.2. The Balaban J connectivity index is 1.62. The number of nitrogens with zero attached hydrogens (tertiary/aromatic N) is 2. The number of thiazole rings is 1. The van der Waals surface area contributed by atoms with Gasteiger partial charge in [0.25, 0.3) is 10.0 Å². The number of pyridine rings is 1. The number of nitrogens with one attached hydrogen (secondary N) is 2. The van der Waals surface area contributed by atoms with E-state index in [1.54, 1.807) is 11.3 Å². The summed E-state index contributed by atoms with van der Waals surface area (Å²) in [5.74, 6) is -1.67. The summed E-state index contributed by atoms with van der Waals surface area (Å²) in [6, 6.07) is 5.68. The van der Waals surface area contributed by atoms with E-state index in [2.05, 4.69) is 20.0 Å². The molecule has 0 amide bonds. The highest BCUT2D eigenvalue weighted by Crippen LogP contribution is 2.19. The largest absolute Gasteiger partial charge is 0.370 e. The van der Waals surface area contributed by atoms with Crippen LogP contribution in [0.3, 0.4) is 0 Å². The molecule has 2 heterocycles. The Kier molecular flexibility index (Phi) is 5.66. The number of rotatable bonds is 7. The number of hydrogen-bond acceptors (Lipinski definition) is 6. The molecule has 0 aliphatic heterocycles. The molecule has 10 heteroatoms. The molecule has 0 atom stereocenters. The fraction of sp³-hybridized carbons (Fsp3) is 0.176. The van der Waals surface area contributed by atoms with E-state index in [1.807, 2.05) is 13.1 Å². The third-order valence-electron chi connectivity index (χ3n) is 3.53. The van der Waals surface area contributed by atoms with Gasteiger partial charge in [-0.05, 0) is 31.2 Å². The third kappa shape index (κ3) is 4.98. The molecule has 0 saturated heterocycles. The van der Waals surface area contributed by atoms with Gasteiger partial charge < -0.3 is 5.32 Å². The van der Waals surface area contributed by atoms with Gasteiger partial charge in [-0.25, -0.2) is 27.2 Å². The smallest absolute Gasteiger partial charge is 0.263 e. The van der Waals surface area contributed by atoms with Crippen LogP contribution in [0.15, 0.2) is 47.6 Å². The Morgan fingerprint density at radius 3 is 2.52 bits per heavy atom. The molecular weight excluding hydrogens is 394 g/mol. The molecule has 3 aromatic rings. The van der Waals surface area contributed by atoms with Gasteiger partial charge in [-0.2, -0.15) is 0 Å². The number of hydrogen-bond donors (Lipinski definition) is 2.